The molecule has 1 heterocycles. The van der Waals surface area contributed by atoms with Crippen molar-refractivity contribution < 1.29 is 8.42 Å². The van der Waals surface area contributed by atoms with E-state index in [-0.39, 0.29) is 0 Å². The first-order chi connectivity index (χ1) is 12.6. The molecular weight excluding hydrogens is 348 g/mol. The summed E-state index contributed by atoms with van der Waals surface area (Å²) in [6.45, 7) is 1.61. The minimum absolute atomic E-state index is 0.353. The third-order valence-electron chi connectivity index (χ3n) is 5.24. The van der Waals surface area contributed by atoms with Gasteiger partial charge in [-0.05, 0) is 43.4 Å². The van der Waals surface area contributed by atoms with Crippen LogP contribution < -0.4 is 11.1 Å². The first-order valence-electron chi connectivity index (χ1n) is 9.71. The van der Waals surface area contributed by atoms with Gasteiger partial charge in [0.15, 0.2) is 5.96 Å². The lowest BCUT2D eigenvalue weighted by molar-refractivity contribution is 0.346. The maximum Gasteiger partial charge on any atom is 0.243 e. The van der Waals surface area contributed by atoms with Crippen LogP contribution >= 0.6 is 0 Å². The molecule has 0 aromatic heterocycles. The number of hydrogen-bond acceptors (Lipinski definition) is 3. The molecule has 0 bridgehead atoms. The van der Waals surface area contributed by atoms with Crippen molar-refractivity contribution in [1.82, 2.24) is 9.62 Å². The summed E-state index contributed by atoms with van der Waals surface area (Å²) in [6, 6.07) is 7.49. The molecule has 1 aromatic rings. The molecule has 1 saturated heterocycles. The Hall–Kier alpha value is -1.60. The molecule has 1 saturated carbocycles. The Bertz CT molecular complexity index is 721. The number of hydrogen-bond donors (Lipinski definition) is 2. The molecule has 0 amide bonds. The summed E-state index contributed by atoms with van der Waals surface area (Å²) >= 11 is 0. The lowest BCUT2D eigenvalue weighted by Gasteiger charge is -2.26. The van der Waals surface area contributed by atoms with Gasteiger partial charge in [0.2, 0.25) is 10.0 Å². The molecule has 1 aliphatic heterocycles. The minimum atomic E-state index is -3.41. The zero-order valence-electron chi connectivity index (χ0n) is 15.4. The van der Waals surface area contributed by atoms with Crippen molar-refractivity contribution in [2.75, 3.05) is 13.1 Å². The topological polar surface area (TPSA) is 87.8 Å². The van der Waals surface area contributed by atoms with Crippen molar-refractivity contribution in [1.29, 1.82) is 0 Å². The van der Waals surface area contributed by atoms with Crippen molar-refractivity contribution in [2.45, 2.75) is 68.8 Å². The number of sulfonamides is 1. The average molecular weight is 379 g/mol. The van der Waals surface area contributed by atoms with Gasteiger partial charge >= 0.3 is 0 Å². The van der Waals surface area contributed by atoms with E-state index >= 15 is 0 Å². The highest BCUT2D eigenvalue weighted by Crippen LogP contribution is 2.21. The number of benzene rings is 1. The largest absolute Gasteiger partial charge is 0.370 e. The predicted molar refractivity (Wildman–Crippen MR) is 104 cm³/mol. The van der Waals surface area contributed by atoms with Gasteiger partial charge in [-0.3, -0.25) is 0 Å². The van der Waals surface area contributed by atoms with Gasteiger partial charge in [-0.25, -0.2) is 13.4 Å². The number of piperidine rings is 1. The predicted octanol–water partition coefficient (Wildman–Crippen LogP) is 2.60. The fourth-order valence-electron chi connectivity index (χ4n) is 3.74. The molecule has 26 heavy (non-hydrogen) atoms. The Kier molecular flexibility index (Phi) is 6.53. The van der Waals surface area contributed by atoms with Gasteiger partial charge < -0.3 is 11.1 Å². The fraction of sp³-hybridized carbons (Fsp3) is 0.632. The Morgan fingerprint density at radius 3 is 2.54 bits per heavy atom. The normalized spacial score (nSPS) is 20.8. The molecule has 3 N–H and O–H groups in total. The quantitative estimate of drug-likeness (QED) is 0.609. The van der Waals surface area contributed by atoms with E-state index < -0.39 is 10.0 Å². The van der Waals surface area contributed by atoms with Gasteiger partial charge in [0.05, 0.1) is 11.4 Å². The van der Waals surface area contributed by atoms with Crippen LogP contribution in [-0.2, 0) is 16.6 Å². The summed E-state index contributed by atoms with van der Waals surface area (Å²) in [5.74, 6) is 0.446. The molecule has 7 heteroatoms. The number of rotatable bonds is 5. The molecule has 0 unspecified atom stereocenters. The minimum Gasteiger partial charge on any atom is -0.370 e. The lowest BCUT2D eigenvalue weighted by Crippen LogP contribution is -2.41. The maximum absolute atomic E-state index is 12.8. The molecule has 0 radical (unpaired) electrons. The lowest BCUT2D eigenvalue weighted by atomic mass is 9.96. The van der Waals surface area contributed by atoms with Crippen LogP contribution in [0.1, 0.15) is 56.9 Å². The Morgan fingerprint density at radius 1 is 1.12 bits per heavy atom. The second kappa shape index (κ2) is 8.86. The smallest absolute Gasteiger partial charge is 0.243 e. The van der Waals surface area contributed by atoms with Gasteiger partial charge in [0.25, 0.3) is 0 Å². The summed E-state index contributed by atoms with van der Waals surface area (Å²) in [4.78, 5) is 4.75. The third-order valence-corrected chi connectivity index (χ3v) is 7.14. The molecular formula is C19H30N4O2S. The van der Waals surface area contributed by atoms with Crippen LogP contribution in [0.25, 0.3) is 0 Å². The van der Waals surface area contributed by atoms with Crippen LogP contribution in [0.4, 0.5) is 0 Å². The van der Waals surface area contributed by atoms with Gasteiger partial charge in [-0.2, -0.15) is 4.31 Å². The molecule has 1 aliphatic carbocycles. The molecule has 2 aliphatic rings. The zero-order chi connectivity index (χ0) is 18.4. The van der Waals surface area contributed by atoms with Gasteiger partial charge in [0.1, 0.15) is 0 Å². The SMILES string of the molecule is NC(=NCc1cccc(S(=O)(=O)N2CCCCC2)c1)NC1CCCCC1. The summed E-state index contributed by atoms with van der Waals surface area (Å²) in [5, 5.41) is 3.29. The van der Waals surface area contributed by atoms with Crippen LogP contribution in [0.2, 0.25) is 0 Å². The Morgan fingerprint density at radius 2 is 1.81 bits per heavy atom. The Balaban J connectivity index is 1.64. The highest BCUT2D eigenvalue weighted by molar-refractivity contribution is 7.89. The summed E-state index contributed by atoms with van der Waals surface area (Å²) in [6.07, 6.45) is 9.03. The molecule has 2 fully saturated rings. The summed E-state index contributed by atoms with van der Waals surface area (Å²) < 4.78 is 27.2. The summed E-state index contributed by atoms with van der Waals surface area (Å²) in [5.41, 5.74) is 6.86. The van der Waals surface area contributed by atoms with Crippen molar-refractivity contribution in [3.05, 3.63) is 29.8 Å². The van der Waals surface area contributed by atoms with E-state index in [4.69, 9.17) is 5.73 Å². The molecule has 144 valence electrons. The third kappa shape index (κ3) is 4.98. The zero-order valence-corrected chi connectivity index (χ0v) is 16.2. The highest BCUT2D eigenvalue weighted by Gasteiger charge is 2.25. The molecule has 3 rings (SSSR count). The van der Waals surface area contributed by atoms with E-state index in [0.29, 0.717) is 36.5 Å². The van der Waals surface area contributed by atoms with Crippen molar-refractivity contribution in [3.8, 4) is 0 Å². The first-order valence-corrected chi connectivity index (χ1v) is 11.2. The second-order valence-electron chi connectivity index (χ2n) is 7.29. The van der Waals surface area contributed by atoms with Gasteiger partial charge in [-0.1, -0.05) is 37.8 Å². The number of nitrogens with two attached hydrogens (primary N) is 1. The number of nitrogens with one attached hydrogen (secondary N) is 1. The number of guanidine groups is 1. The highest BCUT2D eigenvalue weighted by atomic mass is 32.2. The van der Waals surface area contributed by atoms with E-state index in [1.807, 2.05) is 6.07 Å². The van der Waals surface area contributed by atoms with E-state index in [1.165, 1.54) is 19.3 Å². The number of aliphatic imine (C=N–C) groups is 1. The van der Waals surface area contributed by atoms with E-state index in [0.717, 1.165) is 37.7 Å². The molecule has 1 aromatic carbocycles. The van der Waals surface area contributed by atoms with Crippen LogP contribution in [0.3, 0.4) is 0 Å². The van der Waals surface area contributed by atoms with Crippen LogP contribution in [0, 0.1) is 0 Å². The maximum atomic E-state index is 12.8. The van der Waals surface area contributed by atoms with Crippen LogP contribution in [0.15, 0.2) is 34.2 Å². The summed E-state index contributed by atoms with van der Waals surface area (Å²) in [7, 11) is -3.41. The van der Waals surface area contributed by atoms with Crippen LogP contribution in [0.5, 0.6) is 0 Å². The van der Waals surface area contributed by atoms with Crippen molar-refractivity contribution >= 4 is 16.0 Å². The monoisotopic (exact) mass is 378 g/mol. The van der Waals surface area contributed by atoms with Gasteiger partial charge in [-0.15, -0.1) is 0 Å². The first kappa shape index (κ1) is 19.2. The number of nitrogens with zero attached hydrogens (tertiary/aromatic N) is 2. The van der Waals surface area contributed by atoms with E-state index in [1.54, 1.807) is 22.5 Å². The molecule has 6 nitrogen and oxygen atoms in total. The van der Waals surface area contributed by atoms with Crippen molar-refractivity contribution in [2.24, 2.45) is 10.7 Å². The molecule has 0 atom stereocenters. The fourth-order valence-corrected chi connectivity index (χ4v) is 5.32. The average Bonchev–Trinajstić information content (AvgIpc) is 2.68. The standard InChI is InChI=1S/C19H30N4O2S/c20-19(22-17-9-3-1-4-10-17)21-15-16-8-7-11-18(14-16)26(24,25)23-12-5-2-6-13-23/h7-8,11,14,17H,1-6,9-10,12-13,15H2,(H3,20,21,22). The second-order valence-corrected chi connectivity index (χ2v) is 9.23. The molecule has 0 spiro atoms. The Labute approximate surface area is 156 Å². The van der Waals surface area contributed by atoms with Crippen molar-refractivity contribution in [3.63, 3.8) is 0 Å². The van der Waals surface area contributed by atoms with Crippen LogP contribution in [-0.4, -0.2) is 37.8 Å². The van der Waals surface area contributed by atoms with Gasteiger partial charge in [0, 0.05) is 19.1 Å². The van der Waals surface area contributed by atoms with E-state index in [2.05, 4.69) is 10.3 Å². The van der Waals surface area contributed by atoms with E-state index in [9.17, 15) is 8.42 Å².